The van der Waals surface area contributed by atoms with Crippen LogP contribution in [0.5, 0.6) is 0 Å². The molecule has 106 valence electrons. The minimum atomic E-state index is -4.03. The first kappa shape index (κ1) is 14.7. The highest BCUT2D eigenvalue weighted by atomic mass is 79.9. The van der Waals surface area contributed by atoms with E-state index >= 15 is 0 Å². The minimum Gasteiger partial charge on any atom is -0.399 e. The summed E-state index contributed by atoms with van der Waals surface area (Å²) in [4.78, 5) is -0.526. The standard InChI is InChI=1S/C11H14BrFN2O3S/c12-8-3-7(14)4-10(11(8)13)19(17,18)15-5-9(16)6-1-2-6/h3-4,6,9,15-16H,1-2,5,14H2. The van der Waals surface area contributed by atoms with Gasteiger partial charge < -0.3 is 10.8 Å². The molecule has 1 aromatic carbocycles. The number of anilines is 1. The Kier molecular flexibility index (Phi) is 4.14. The Morgan fingerprint density at radius 1 is 1.53 bits per heavy atom. The number of halogens is 2. The Morgan fingerprint density at radius 2 is 2.16 bits per heavy atom. The summed E-state index contributed by atoms with van der Waals surface area (Å²) in [6.45, 7) is -0.126. The van der Waals surface area contributed by atoms with Crippen molar-refractivity contribution >= 4 is 31.6 Å². The van der Waals surface area contributed by atoms with Crippen molar-refractivity contribution in [3.63, 3.8) is 0 Å². The molecule has 19 heavy (non-hydrogen) atoms. The van der Waals surface area contributed by atoms with E-state index < -0.39 is 26.8 Å². The molecule has 1 aromatic rings. The van der Waals surface area contributed by atoms with Gasteiger partial charge in [0.25, 0.3) is 0 Å². The van der Waals surface area contributed by atoms with E-state index in [2.05, 4.69) is 20.7 Å². The summed E-state index contributed by atoms with van der Waals surface area (Å²) in [6.07, 6.45) is 1.05. The Morgan fingerprint density at radius 3 is 2.74 bits per heavy atom. The lowest BCUT2D eigenvalue weighted by Crippen LogP contribution is -2.33. The molecule has 8 heteroatoms. The van der Waals surface area contributed by atoms with Crippen molar-refractivity contribution < 1.29 is 17.9 Å². The molecular formula is C11H14BrFN2O3S. The van der Waals surface area contributed by atoms with E-state index in [9.17, 15) is 17.9 Å². The molecule has 0 heterocycles. The number of nitrogens with one attached hydrogen (secondary N) is 1. The molecule has 4 N–H and O–H groups in total. The molecule has 0 bridgehead atoms. The van der Waals surface area contributed by atoms with Gasteiger partial charge in [-0.05, 0) is 46.8 Å². The van der Waals surface area contributed by atoms with Gasteiger partial charge in [-0.3, -0.25) is 0 Å². The van der Waals surface area contributed by atoms with E-state index in [-0.39, 0.29) is 22.6 Å². The molecule has 0 saturated heterocycles. The number of hydrogen-bond acceptors (Lipinski definition) is 4. The Bertz CT molecular complexity index is 590. The number of rotatable bonds is 5. The van der Waals surface area contributed by atoms with Crippen LogP contribution in [0, 0.1) is 11.7 Å². The summed E-state index contributed by atoms with van der Waals surface area (Å²) in [5, 5.41) is 9.62. The van der Waals surface area contributed by atoms with Gasteiger partial charge in [0.2, 0.25) is 10.0 Å². The van der Waals surface area contributed by atoms with Crippen molar-refractivity contribution in [3.8, 4) is 0 Å². The van der Waals surface area contributed by atoms with Crippen LogP contribution >= 0.6 is 15.9 Å². The third-order valence-electron chi connectivity index (χ3n) is 2.96. The lowest BCUT2D eigenvalue weighted by molar-refractivity contribution is 0.155. The largest absolute Gasteiger partial charge is 0.399 e. The predicted octanol–water partition coefficient (Wildman–Crippen LogP) is 1.22. The summed E-state index contributed by atoms with van der Waals surface area (Å²) in [5.74, 6) is -0.761. The van der Waals surface area contributed by atoms with Crippen LogP contribution in [0.4, 0.5) is 10.1 Å². The summed E-state index contributed by atoms with van der Waals surface area (Å²) in [6, 6.07) is 2.33. The summed E-state index contributed by atoms with van der Waals surface area (Å²) in [5.41, 5.74) is 5.64. The van der Waals surface area contributed by atoms with E-state index in [4.69, 9.17) is 5.73 Å². The van der Waals surface area contributed by atoms with Crippen molar-refractivity contribution in [3.05, 3.63) is 22.4 Å². The number of aliphatic hydroxyl groups excluding tert-OH is 1. The summed E-state index contributed by atoms with van der Waals surface area (Å²) >= 11 is 2.91. The molecule has 1 unspecified atom stereocenters. The third kappa shape index (κ3) is 3.44. The summed E-state index contributed by atoms with van der Waals surface area (Å²) in [7, 11) is -4.03. The van der Waals surface area contributed by atoms with E-state index in [0.29, 0.717) is 0 Å². The first-order chi connectivity index (χ1) is 8.81. The average Bonchev–Trinajstić information content (AvgIpc) is 3.14. The van der Waals surface area contributed by atoms with E-state index in [0.717, 1.165) is 18.9 Å². The van der Waals surface area contributed by atoms with Gasteiger partial charge >= 0.3 is 0 Å². The quantitative estimate of drug-likeness (QED) is 0.694. The third-order valence-corrected chi connectivity index (χ3v) is 4.96. The number of benzene rings is 1. The van der Waals surface area contributed by atoms with Crippen molar-refractivity contribution in [2.75, 3.05) is 12.3 Å². The fraction of sp³-hybridized carbons (Fsp3) is 0.455. The lowest BCUT2D eigenvalue weighted by Gasteiger charge is -2.12. The van der Waals surface area contributed by atoms with Gasteiger partial charge in [0.05, 0.1) is 10.6 Å². The lowest BCUT2D eigenvalue weighted by atomic mass is 10.2. The Hall–Kier alpha value is -0.700. The highest BCUT2D eigenvalue weighted by molar-refractivity contribution is 9.10. The zero-order valence-electron chi connectivity index (χ0n) is 9.94. The second-order valence-electron chi connectivity index (χ2n) is 4.57. The maximum Gasteiger partial charge on any atom is 0.243 e. The fourth-order valence-electron chi connectivity index (χ4n) is 1.70. The SMILES string of the molecule is Nc1cc(Br)c(F)c(S(=O)(=O)NCC(O)C2CC2)c1. The molecule has 0 spiro atoms. The molecule has 1 saturated carbocycles. The molecule has 2 rings (SSSR count). The van der Waals surface area contributed by atoms with Crippen LogP contribution in [0.1, 0.15) is 12.8 Å². The second-order valence-corrected chi connectivity index (χ2v) is 7.16. The van der Waals surface area contributed by atoms with Gasteiger partial charge in [-0.1, -0.05) is 0 Å². The topological polar surface area (TPSA) is 92.4 Å². The molecular weight excluding hydrogens is 339 g/mol. The zero-order valence-corrected chi connectivity index (χ0v) is 12.3. The first-order valence-corrected chi connectivity index (χ1v) is 8.01. The number of nitrogens with two attached hydrogens (primary N) is 1. The number of sulfonamides is 1. The first-order valence-electron chi connectivity index (χ1n) is 5.73. The second kappa shape index (κ2) is 5.35. The number of hydrogen-bond donors (Lipinski definition) is 3. The minimum absolute atomic E-state index is 0.0179. The van der Waals surface area contributed by atoms with Gasteiger partial charge in [0.1, 0.15) is 4.90 Å². The van der Waals surface area contributed by atoms with Crippen molar-refractivity contribution in [1.82, 2.24) is 4.72 Å². The molecule has 1 aliphatic rings. The van der Waals surface area contributed by atoms with Crippen molar-refractivity contribution in [2.24, 2.45) is 5.92 Å². The number of aliphatic hydroxyl groups is 1. The zero-order chi connectivity index (χ0) is 14.2. The molecule has 5 nitrogen and oxygen atoms in total. The Labute approximate surface area is 119 Å². The van der Waals surface area contributed by atoms with Crippen LogP contribution in [0.25, 0.3) is 0 Å². The normalized spacial score (nSPS) is 17.4. The van der Waals surface area contributed by atoms with E-state index in [1.165, 1.54) is 6.07 Å². The molecule has 1 fully saturated rings. The fourth-order valence-corrected chi connectivity index (χ4v) is 3.49. The maximum absolute atomic E-state index is 13.8. The van der Waals surface area contributed by atoms with Crippen LogP contribution < -0.4 is 10.5 Å². The van der Waals surface area contributed by atoms with Crippen LogP contribution in [0.2, 0.25) is 0 Å². The van der Waals surface area contributed by atoms with Gasteiger partial charge in [-0.2, -0.15) is 0 Å². The molecule has 0 radical (unpaired) electrons. The van der Waals surface area contributed by atoms with Crippen LogP contribution in [-0.2, 0) is 10.0 Å². The Balaban J connectivity index is 2.19. The predicted molar refractivity (Wildman–Crippen MR) is 72.4 cm³/mol. The average molecular weight is 353 g/mol. The van der Waals surface area contributed by atoms with Crippen LogP contribution in [0.3, 0.4) is 0 Å². The maximum atomic E-state index is 13.8. The smallest absolute Gasteiger partial charge is 0.243 e. The molecule has 1 atom stereocenters. The van der Waals surface area contributed by atoms with Crippen molar-refractivity contribution in [2.45, 2.75) is 23.8 Å². The monoisotopic (exact) mass is 352 g/mol. The molecule has 0 aliphatic heterocycles. The highest BCUT2D eigenvalue weighted by Gasteiger charge is 2.31. The van der Waals surface area contributed by atoms with E-state index in [1.807, 2.05) is 0 Å². The van der Waals surface area contributed by atoms with Gasteiger partial charge in [-0.15, -0.1) is 0 Å². The van der Waals surface area contributed by atoms with Crippen LogP contribution in [0.15, 0.2) is 21.5 Å². The number of nitrogen functional groups attached to an aromatic ring is 1. The van der Waals surface area contributed by atoms with E-state index in [1.54, 1.807) is 0 Å². The van der Waals surface area contributed by atoms with Crippen molar-refractivity contribution in [1.29, 1.82) is 0 Å². The summed E-state index contributed by atoms with van der Waals surface area (Å²) < 4.78 is 39.9. The van der Waals surface area contributed by atoms with Gasteiger partial charge in [0.15, 0.2) is 5.82 Å². The molecule has 0 amide bonds. The highest BCUT2D eigenvalue weighted by Crippen LogP contribution is 2.32. The van der Waals surface area contributed by atoms with Crippen LogP contribution in [-0.4, -0.2) is 26.2 Å². The van der Waals surface area contributed by atoms with Gasteiger partial charge in [-0.25, -0.2) is 17.5 Å². The molecule has 1 aliphatic carbocycles. The molecule has 0 aromatic heterocycles. The van der Waals surface area contributed by atoms with Gasteiger partial charge in [0, 0.05) is 12.2 Å².